The summed E-state index contributed by atoms with van der Waals surface area (Å²) in [6.07, 6.45) is 2.48. The van der Waals surface area contributed by atoms with Gasteiger partial charge in [-0.15, -0.1) is 0 Å². The third kappa shape index (κ3) is 4.79. The van der Waals surface area contributed by atoms with E-state index in [4.69, 9.17) is 9.26 Å². The highest BCUT2D eigenvalue weighted by Gasteiger charge is 2.24. The van der Waals surface area contributed by atoms with Gasteiger partial charge in [-0.1, -0.05) is 5.16 Å². The lowest BCUT2D eigenvalue weighted by molar-refractivity contribution is -0.116. The zero-order valence-electron chi connectivity index (χ0n) is 14.7. The standard InChI is InChI=1S/C18H24N4O3/c1-13-19-18(21-25-13)14-7-10-22(11-8-14)12-9-17(23)20-15-3-5-16(24-2)6-4-15/h3-6,14H,7-12H2,1-2H3,(H,20,23). The molecule has 3 rings (SSSR count). The Balaban J connectivity index is 1.39. The van der Waals surface area contributed by atoms with Gasteiger partial charge < -0.3 is 19.5 Å². The first-order valence-corrected chi connectivity index (χ1v) is 8.60. The van der Waals surface area contributed by atoms with Gasteiger partial charge in [-0.3, -0.25) is 4.79 Å². The van der Waals surface area contributed by atoms with Crippen LogP contribution in [-0.2, 0) is 4.79 Å². The van der Waals surface area contributed by atoms with Crippen LogP contribution in [0.3, 0.4) is 0 Å². The number of aromatic nitrogens is 2. The molecule has 1 amide bonds. The van der Waals surface area contributed by atoms with Crippen LogP contribution >= 0.6 is 0 Å². The molecule has 1 aromatic carbocycles. The molecule has 7 heteroatoms. The van der Waals surface area contributed by atoms with E-state index < -0.39 is 0 Å². The summed E-state index contributed by atoms with van der Waals surface area (Å²) in [6, 6.07) is 7.35. The van der Waals surface area contributed by atoms with Crippen molar-refractivity contribution >= 4 is 11.6 Å². The molecule has 0 unspecified atom stereocenters. The fourth-order valence-electron chi connectivity index (χ4n) is 3.05. The average Bonchev–Trinajstić information content (AvgIpc) is 3.07. The number of ether oxygens (including phenoxy) is 1. The van der Waals surface area contributed by atoms with Crippen molar-refractivity contribution in [2.45, 2.75) is 32.1 Å². The number of nitrogens with one attached hydrogen (secondary N) is 1. The van der Waals surface area contributed by atoms with E-state index in [-0.39, 0.29) is 5.91 Å². The third-order valence-electron chi connectivity index (χ3n) is 4.52. The first kappa shape index (κ1) is 17.4. The minimum atomic E-state index is 0.0288. The zero-order valence-corrected chi connectivity index (χ0v) is 14.7. The maximum Gasteiger partial charge on any atom is 0.225 e. The Morgan fingerprint density at radius 3 is 2.64 bits per heavy atom. The second-order valence-electron chi connectivity index (χ2n) is 6.31. The Morgan fingerprint density at radius 1 is 1.32 bits per heavy atom. The highest BCUT2D eigenvalue weighted by atomic mass is 16.5. The molecule has 1 fully saturated rings. The van der Waals surface area contributed by atoms with Crippen LogP contribution in [0.25, 0.3) is 0 Å². The maximum atomic E-state index is 12.1. The van der Waals surface area contributed by atoms with E-state index in [1.807, 2.05) is 31.2 Å². The fraction of sp³-hybridized carbons (Fsp3) is 0.500. The summed E-state index contributed by atoms with van der Waals surface area (Å²) in [5, 5.41) is 6.94. The van der Waals surface area contributed by atoms with Crippen LogP contribution < -0.4 is 10.1 Å². The van der Waals surface area contributed by atoms with Crippen molar-refractivity contribution in [1.29, 1.82) is 0 Å². The number of anilines is 1. The number of carbonyl (C=O) groups excluding carboxylic acids is 1. The molecule has 7 nitrogen and oxygen atoms in total. The van der Waals surface area contributed by atoms with Gasteiger partial charge in [0.25, 0.3) is 0 Å². The van der Waals surface area contributed by atoms with Crippen LogP contribution in [-0.4, -0.2) is 47.7 Å². The summed E-state index contributed by atoms with van der Waals surface area (Å²) in [7, 11) is 1.62. The molecular weight excluding hydrogens is 320 g/mol. The second-order valence-corrected chi connectivity index (χ2v) is 6.31. The van der Waals surface area contributed by atoms with Gasteiger partial charge in [0.15, 0.2) is 5.82 Å². The van der Waals surface area contributed by atoms with E-state index >= 15 is 0 Å². The topological polar surface area (TPSA) is 80.5 Å². The van der Waals surface area contributed by atoms with Crippen LogP contribution in [0.5, 0.6) is 5.75 Å². The van der Waals surface area contributed by atoms with E-state index in [1.165, 1.54) is 0 Å². The van der Waals surface area contributed by atoms with Crippen molar-refractivity contribution in [1.82, 2.24) is 15.0 Å². The molecule has 0 atom stereocenters. The molecule has 1 aliphatic rings. The molecule has 0 saturated carbocycles. The third-order valence-corrected chi connectivity index (χ3v) is 4.52. The highest BCUT2D eigenvalue weighted by molar-refractivity contribution is 5.90. The van der Waals surface area contributed by atoms with Crippen molar-refractivity contribution in [3.63, 3.8) is 0 Å². The number of piperidine rings is 1. The molecule has 1 N–H and O–H groups in total. The molecule has 0 bridgehead atoms. The summed E-state index contributed by atoms with van der Waals surface area (Å²) in [5.41, 5.74) is 0.789. The number of aryl methyl sites for hydroxylation is 1. The monoisotopic (exact) mass is 344 g/mol. The minimum absolute atomic E-state index is 0.0288. The molecule has 134 valence electrons. The molecule has 0 radical (unpaired) electrons. The van der Waals surface area contributed by atoms with Crippen LogP contribution in [0, 0.1) is 6.92 Å². The van der Waals surface area contributed by atoms with E-state index in [1.54, 1.807) is 7.11 Å². The van der Waals surface area contributed by atoms with Gasteiger partial charge in [-0.25, -0.2) is 0 Å². The summed E-state index contributed by atoms with van der Waals surface area (Å²) >= 11 is 0. The number of likely N-dealkylation sites (tertiary alicyclic amines) is 1. The minimum Gasteiger partial charge on any atom is -0.497 e. The lowest BCUT2D eigenvalue weighted by Gasteiger charge is -2.30. The van der Waals surface area contributed by atoms with E-state index in [2.05, 4.69) is 20.4 Å². The highest BCUT2D eigenvalue weighted by Crippen LogP contribution is 2.25. The Hall–Kier alpha value is -2.41. The Labute approximate surface area is 147 Å². The number of rotatable bonds is 6. The number of nitrogens with zero attached hydrogens (tertiary/aromatic N) is 3. The van der Waals surface area contributed by atoms with Crippen molar-refractivity contribution in [3.8, 4) is 5.75 Å². The van der Waals surface area contributed by atoms with Crippen LogP contribution in [0.2, 0.25) is 0 Å². The van der Waals surface area contributed by atoms with Crippen molar-refractivity contribution < 1.29 is 14.1 Å². The van der Waals surface area contributed by atoms with Gasteiger partial charge >= 0.3 is 0 Å². The number of hydrogen-bond donors (Lipinski definition) is 1. The van der Waals surface area contributed by atoms with E-state index in [9.17, 15) is 4.79 Å². The van der Waals surface area contributed by atoms with Crippen molar-refractivity contribution in [2.24, 2.45) is 0 Å². The first-order valence-electron chi connectivity index (χ1n) is 8.60. The number of benzene rings is 1. The quantitative estimate of drug-likeness (QED) is 0.867. The summed E-state index contributed by atoms with van der Waals surface area (Å²) < 4.78 is 10.2. The lowest BCUT2D eigenvalue weighted by atomic mass is 9.96. The largest absolute Gasteiger partial charge is 0.497 e. The van der Waals surface area contributed by atoms with Crippen molar-refractivity contribution in [3.05, 3.63) is 36.0 Å². The summed E-state index contributed by atoms with van der Waals surface area (Å²) in [6.45, 7) is 4.48. The van der Waals surface area contributed by atoms with Gasteiger partial charge in [0, 0.05) is 31.5 Å². The molecule has 1 saturated heterocycles. The van der Waals surface area contributed by atoms with Gasteiger partial charge in [0.2, 0.25) is 11.8 Å². The van der Waals surface area contributed by atoms with Crippen LogP contribution in [0.15, 0.2) is 28.8 Å². The predicted molar refractivity (Wildman–Crippen MR) is 93.7 cm³/mol. The zero-order chi connectivity index (χ0) is 17.6. The average molecular weight is 344 g/mol. The van der Waals surface area contributed by atoms with Crippen LogP contribution in [0.4, 0.5) is 5.69 Å². The second kappa shape index (κ2) is 8.11. The Morgan fingerprint density at radius 2 is 2.04 bits per heavy atom. The number of hydrogen-bond acceptors (Lipinski definition) is 6. The van der Waals surface area contributed by atoms with Gasteiger partial charge in [-0.2, -0.15) is 4.98 Å². The van der Waals surface area contributed by atoms with Gasteiger partial charge in [0.1, 0.15) is 5.75 Å². The number of amides is 1. The summed E-state index contributed by atoms with van der Waals surface area (Å²) in [4.78, 5) is 18.7. The molecule has 2 aromatic rings. The maximum absolute atomic E-state index is 12.1. The normalized spacial score (nSPS) is 15.9. The van der Waals surface area contributed by atoms with Gasteiger partial charge in [0.05, 0.1) is 7.11 Å². The Bertz CT molecular complexity index is 691. The SMILES string of the molecule is COc1ccc(NC(=O)CCN2CCC(c3noc(C)n3)CC2)cc1. The van der Waals surface area contributed by atoms with E-state index in [0.717, 1.165) is 49.7 Å². The lowest BCUT2D eigenvalue weighted by Crippen LogP contribution is -2.35. The molecule has 1 aliphatic heterocycles. The molecular formula is C18H24N4O3. The first-order chi connectivity index (χ1) is 12.1. The Kier molecular flexibility index (Phi) is 5.65. The number of carbonyl (C=O) groups is 1. The smallest absolute Gasteiger partial charge is 0.225 e. The fourth-order valence-corrected chi connectivity index (χ4v) is 3.05. The van der Waals surface area contributed by atoms with Crippen LogP contribution in [0.1, 0.15) is 36.9 Å². The van der Waals surface area contributed by atoms with Gasteiger partial charge in [-0.05, 0) is 50.2 Å². The molecule has 25 heavy (non-hydrogen) atoms. The number of methoxy groups -OCH3 is 1. The molecule has 2 heterocycles. The summed E-state index contributed by atoms with van der Waals surface area (Å²) in [5.74, 6) is 2.60. The van der Waals surface area contributed by atoms with E-state index in [0.29, 0.717) is 18.2 Å². The molecule has 0 aliphatic carbocycles. The van der Waals surface area contributed by atoms with Crippen molar-refractivity contribution in [2.75, 3.05) is 32.1 Å². The molecule has 1 aromatic heterocycles. The predicted octanol–water partition coefficient (Wildman–Crippen LogP) is 2.59. The molecule has 0 spiro atoms.